The maximum absolute atomic E-state index is 12.7. The molecule has 7 nitrogen and oxygen atoms in total. The molecule has 2 aromatic carbocycles. The highest BCUT2D eigenvalue weighted by molar-refractivity contribution is 6.05. The number of amides is 2. The van der Waals surface area contributed by atoms with Crippen LogP contribution in [0.15, 0.2) is 54.6 Å². The van der Waals surface area contributed by atoms with E-state index in [1.165, 1.54) is 0 Å². The van der Waals surface area contributed by atoms with Crippen molar-refractivity contribution in [2.45, 2.75) is 13.8 Å². The van der Waals surface area contributed by atoms with Crippen LogP contribution in [0.2, 0.25) is 0 Å². The number of carbonyl (C=O) groups excluding carboxylic acids is 3. The number of hydrogen-bond donors (Lipinski definition) is 2. The van der Waals surface area contributed by atoms with E-state index in [1.807, 2.05) is 49.4 Å². The number of pyridine rings is 1. The van der Waals surface area contributed by atoms with Gasteiger partial charge < -0.3 is 15.4 Å². The molecule has 0 aliphatic heterocycles. The fraction of sp³-hybridized carbons (Fsp3) is 0.217. The van der Waals surface area contributed by atoms with Crippen molar-refractivity contribution in [1.29, 1.82) is 0 Å². The second-order valence-electron chi connectivity index (χ2n) is 6.74. The van der Waals surface area contributed by atoms with Gasteiger partial charge in [0.15, 0.2) is 6.61 Å². The van der Waals surface area contributed by atoms with Crippen LogP contribution >= 0.6 is 0 Å². The van der Waals surface area contributed by atoms with Crippen molar-refractivity contribution < 1.29 is 19.1 Å². The fourth-order valence-corrected chi connectivity index (χ4v) is 2.91. The van der Waals surface area contributed by atoms with Crippen LogP contribution in [0.3, 0.4) is 0 Å². The normalized spacial score (nSPS) is 10.5. The molecule has 0 unspecified atom stereocenters. The lowest BCUT2D eigenvalue weighted by molar-refractivity contribution is -0.127. The molecule has 0 spiro atoms. The molecule has 0 saturated heterocycles. The third kappa shape index (κ3) is 5.20. The quantitative estimate of drug-likeness (QED) is 0.589. The van der Waals surface area contributed by atoms with Gasteiger partial charge in [-0.15, -0.1) is 0 Å². The number of benzene rings is 2. The molecule has 1 aromatic heterocycles. The summed E-state index contributed by atoms with van der Waals surface area (Å²) in [5.74, 6) is -1.48. The molecule has 2 N–H and O–H groups in total. The van der Waals surface area contributed by atoms with Crippen LogP contribution in [-0.4, -0.2) is 42.5 Å². The Kier molecular flexibility index (Phi) is 6.75. The van der Waals surface area contributed by atoms with Gasteiger partial charge in [-0.05, 0) is 26.0 Å². The largest absolute Gasteiger partial charge is 0.452 e. The molecule has 0 bridgehead atoms. The summed E-state index contributed by atoms with van der Waals surface area (Å²) in [5, 5.41) is 5.62. The molecule has 7 heteroatoms. The molecule has 2 amide bonds. The Morgan fingerprint density at radius 2 is 1.70 bits per heavy atom. The number of nitrogens with zero attached hydrogens (tertiary/aromatic N) is 1. The summed E-state index contributed by atoms with van der Waals surface area (Å²) in [6.45, 7) is 3.61. The van der Waals surface area contributed by atoms with E-state index in [1.54, 1.807) is 19.1 Å². The second kappa shape index (κ2) is 9.65. The van der Waals surface area contributed by atoms with Crippen molar-refractivity contribution in [2.75, 3.05) is 19.7 Å². The highest BCUT2D eigenvalue weighted by Gasteiger charge is 2.16. The number of esters is 1. The topological polar surface area (TPSA) is 97.4 Å². The zero-order valence-electron chi connectivity index (χ0n) is 16.9. The average Bonchev–Trinajstić information content (AvgIpc) is 2.76. The van der Waals surface area contributed by atoms with Gasteiger partial charge in [-0.1, -0.05) is 48.0 Å². The number of nitrogens with one attached hydrogen (secondary N) is 2. The van der Waals surface area contributed by atoms with Crippen molar-refractivity contribution in [3.05, 3.63) is 65.7 Å². The van der Waals surface area contributed by atoms with E-state index in [9.17, 15) is 14.4 Å². The van der Waals surface area contributed by atoms with Crippen molar-refractivity contribution in [3.8, 4) is 11.3 Å². The molecule has 0 fully saturated rings. The zero-order chi connectivity index (χ0) is 21.5. The first-order valence-electron chi connectivity index (χ1n) is 9.65. The van der Waals surface area contributed by atoms with Crippen LogP contribution in [-0.2, 0) is 14.3 Å². The molecule has 1 heterocycles. The fourth-order valence-electron chi connectivity index (χ4n) is 2.91. The predicted octanol–water partition coefficient (Wildman–Crippen LogP) is 2.62. The van der Waals surface area contributed by atoms with E-state index in [0.717, 1.165) is 11.1 Å². The minimum absolute atomic E-state index is 0.167. The molecule has 30 heavy (non-hydrogen) atoms. The van der Waals surface area contributed by atoms with Gasteiger partial charge in [0.1, 0.15) is 0 Å². The van der Waals surface area contributed by atoms with Crippen LogP contribution in [0.4, 0.5) is 0 Å². The van der Waals surface area contributed by atoms with Gasteiger partial charge in [-0.2, -0.15) is 0 Å². The van der Waals surface area contributed by atoms with Gasteiger partial charge in [-0.3, -0.25) is 9.59 Å². The maximum atomic E-state index is 12.7. The average molecular weight is 405 g/mol. The number of aromatic nitrogens is 1. The summed E-state index contributed by atoms with van der Waals surface area (Å²) in [7, 11) is 0. The van der Waals surface area contributed by atoms with Gasteiger partial charge in [0.2, 0.25) is 5.91 Å². The number of aryl methyl sites for hydroxylation is 1. The third-order valence-corrected chi connectivity index (χ3v) is 4.44. The Bertz CT molecular complexity index is 1080. The van der Waals surface area contributed by atoms with Crippen molar-refractivity contribution >= 4 is 28.7 Å². The highest BCUT2D eigenvalue weighted by atomic mass is 16.5. The number of rotatable bonds is 7. The number of likely N-dealkylation sites (N-methyl/N-ethyl adjacent to an activating group) is 1. The van der Waals surface area contributed by atoms with Gasteiger partial charge in [0.05, 0.1) is 23.3 Å². The smallest absolute Gasteiger partial charge is 0.339 e. The van der Waals surface area contributed by atoms with Crippen LogP contribution in [0, 0.1) is 6.92 Å². The second-order valence-corrected chi connectivity index (χ2v) is 6.74. The van der Waals surface area contributed by atoms with Gasteiger partial charge in [-0.25, -0.2) is 9.78 Å². The Balaban J connectivity index is 1.78. The van der Waals surface area contributed by atoms with Crippen LogP contribution in [0.1, 0.15) is 22.8 Å². The molecule has 3 rings (SSSR count). The number of carbonyl (C=O) groups is 3. The number of hydrogen-bond acceptors (Lipinski definition) is 5. The SMILES string of the molecule is CCNC(=O)CNC(=O)COC(=O)c1cc(-c2ccc(C)cc2)nc2ccccc12. The molecule has 154 valence electrons. The van der Waals surface area contributed by atoms with Crippen molar-refractivity contribution in [2.24, 2.45) is 0 Å². The number of para-hydroxylation sites is 1. The van der Waals surface area contributed by atoms with Gasteiger partial charge in [0, 0.05) is 17.5 Å². The summed E-state index contributed by atoms with van der Waals surface area (Å²) in [5.41, 5.74) is 3.62. The van der Waals surface area contributed by atoms with E-state index in [4.69, 9.17) is 4.74 Å². The molecule has 0 saturated carbocycles. The third-order valence-electron chi connectivity index (χ3n) is 4.44. The molecule has 3 aromatic rings. The molecule has 0 radical (unpaired) electrons. The molecular weight excluding hydrogens is 382 g/mol. The summed E-state index contributed by atoms with van der Waals surface area (Å²) in [4.78, 5) is 40.7. The first kappa shape index (κ1) is 21.0. The first-order valence-corrected chi connectivity index (χ1v) is 9.65. The molecule has 0 aliphatic carbocycles. The lowest BCUT2D eigenvalue weighted by Gasteiger charge is -2.10. The van der Waals surface area contributed by atoms with Crippen LogP contribution in [0.25, 0.3) is 22.2 Å². The Hall–Kier alpha value is -3.74. The number of ether oxygens (including phenoxy) is 1. The summed E-state index contributed by atoms with van der Waals surface area (Å²) in [6, 6.07) is 16.8. The minimum atomic E-state index is -0.630. The summed E-state index contributed by atoms with van der Waals surface area (Å²) >= 11 is 0. The van der Waals surface area contributed by atoms with E-state index in [-0.39, 0.29) is 12.5 Å². The zero-order valence-corrected chi connectivity index (χ0v) is 16.9. The monoisotopic (exact) mass is 405 g/mol. The lowest BCUT2D eigenvalue weighted by atomic mass is 10.0. The van der Waals surface area contributed by atoms with Gasteiger partial charge in [0.25, 0.3) is 5.91 Å². The Morgan fingerprint density at radius 3 is 2.43 bits per heavy atom. The van der Waals surface area contributed by atoms with Crippen LogP contribution in [0.5, 0.6) is 0 Å². The van der Waals surface area contributed by atoms with Crippen molar-refractivity contribution in [3.63, 3.8) is 0 Å². The van der Waals surface area contributed by atoms with E-state index in [2.05, 4.69) is 15.6 Å². The highest BCUT2D eigenvalue weighted by Crippen LogP contribution is 2.25. The molecular formula is C23H23N3O4. The Morgan fingerprint density at radius 1 is 0.967 bits per heavy atom. The maximum Gasteiger partial charge on any atom is 0.339 e. The minimum Gasteiger partial charge on any atom is -0.452 e. The van der Waals surface area contributed by atoms with Crippen molar-refractivity contribution in [1.82, 2.24) is 15.6 Å². The molecule has 0 aliphatic rings. The predicted molar refractivity (Wildman–Crippen MR) is 114 cm³/mol. The number of fused-ring (bicyclic) bond motifs is 1. The van der Waals surface area contributed by atoms with E-state index in [0.29, 0.717) is 28.7 Å². The summed E-state index contributed by atoms with van der Waals surface area (Å²) < 4.78 is 5.19. The lowest BCUT2D eigenvalue weighted by Crippen LogP contribution is -2.38. The molecule has 0 atom stereocenters. The van der Waals surface area contributed by atoms with E-state index < -0.39 is 18.5 Å². The standard InChI is InChI=1S/C23H23N3O4/c1-3-24-21(27)13-25-22(28)14-30-23(29)18-12-20(16-10-8-15(2)9-11-16)26-19-7-5-4-6-17(18)19/h4-12H,3,13-14H2,1-2H3,(H,24,27)(H,25,28). The first-order chi connectivity index (χ1) is 14.5. The van der Waals surface area contributed by atoms with Crippen LogP contribution < -0.4 is 10.6 Å². The van der Waals surface area contributed by atoms with Gasteiger partial charge >= 0.3 is 5.97 Å². The summed E-state index contributed by atoms with van der Waals surface area (Å²) in [6.07, 6.45) is 0. The Labute approximate surface area is 174 Å². The van der Waals surface area contributed by atoms with E-state index >= 15 is 0 Å².